The molecule has 5 nitrogen and oxygen atoms in total. The van der Waals surface area contributed by atoms with Crippen molar-refractivity contribution in [2.45, 2.75) is 40.2 Å². The summed E-state index contributed by atoms with van der Waals surface area (Å²) in [4.78, 5) is 15.0. The summed E-state index contributed by atoms with van der Waals surface area (Å²) < 4.78 is 10.2. The van der Waals surface area contributed by atoms with Gasteiger partial charge in [-0.05, 0) is 18.8 Å². The van der Waals surface area contributed by atoms with E-state index >= 15 is 0 Å². The van der Waals surface area contributed by atoms with Crippen molar-refractivity contribution in [2.75, 3.05) is 0 Å². The van der Waals surface area contributed by atoms with Crippen LogP contribution in [0.4, 0.5) is 4.79 Å². The average Bonchev–Trinajstić information content (AvgIpc) is 2.47. The Morgan fingerprint density at radius 1 is 1.62 bits per heavy atom. The molecular weight excluding hydrogens is 208 g/mol. The van der Waals surface area contributed by atoms with Gasteiger partial charge in [-0.3, -0.25) is 0 Å². The Bertz CT molecular complexity index is 366. The molecule has 0 aliphatic carbocycles. The summed E-state index contributed by atoms with van der Waals surface area (Å²) >= 11 is 0. The zero-order chi connectivity index (χ0) is 12.3. The van der Waals surface area contributed by atoms with Gasteiger partial charge < -0.3 is 14.9 Å². The minimum absolute atomic E-state index is 0.0114. The van der Waals surface area contributed by atoms with E-state index < -0.39 is 12.2 Å². The maximum absolute atomic E-state index is 10.8. The van der Waals surface area contributed by atoms with Crippen molar-refractivity contribution in [2.24, 2.45) is 11.1 Å². The van der Waals surface area contributed by atoms with E-state index in [4.69, 9.17) is 14.9 Å². The van der Waals surface area contributed by atoms with Gasteiger partial charge in [0.1, 0.15) is 6.26 Å². The van der Waals surface area contributed by atoms with Gasteiger partial charge in [0.15, 0.2) is 6.10 Å². The van der Waals surface area contributed by atoms with Crippen LogP contribution in [0.3, 0.4) is 0 Å². The molecule has 2 N–H and O–H groups in total. The first-order valence-electron chi connectivity index (χ1n) is 5.16. The molecule has 90 valence electrons. The minimum atomic E-state index is -0.815. The Kier molecular flexibility index (Phi) is 3.57. The van der Waals surface area contributed by atoms with Crippen molar-refractivity contribution in [3.63, 3.8) is 0 Å². The lowest BCUT2D eigenvalue weighted by Crippen LogP contribution is -2.21. The molecule has 0 saturated carbocycles. The van der Waals surface area contributed by atoms with Crippen LogP contribution >= 0.6 is 0 Å². The number of hydrogen-bond acceptors (Lipinski definition) is 4. The number of ether oxygens (including phenoxy) is 1. The predicted molar refractivity (Wildman–Crippen MR) is 58.7 cm³/mol. The highest BCUT2D eigenvalue weighted by Crippen LogP contribution is 2.31. The number of rotatable bonds is 3. The Hall–Kier alpha value is -1.52. The van der Waals surface area contributed by atoms with Crippen molar-refractivity contribution in [3.05, 3.63) is 17.8 Å². The molecule has 1 amide bonds. The lowest BCUT2D eigenvalue weighted by molar-refractivity contribution is 0.0616. The van der Waals surface area contributed by atoms with Crippen LogP contribution in [0.5, 0.6) is 0 Å². The lowest BCUT2D eigenvalue weighted by atomic mass is 9.89. The first kappa shape index (κ1) is 12.5. The number of aryl methyl sites for hydroxylation is 1. The van der Waals surface area contributed by atoms with Gasteiger partial charge >= 0.3 is 6.09 Å². The smallest absolute Gasteiger partial charge is 0.405 e. The second kappa shape index (κ2) is 4.55. The van der Waals surface area contributed by atoms with Gasteiger partial charge in [0, 0.05) is 0 Å². The third-order valence-corrected chi connectivity index (χ3v) is 1.97. The van der Waals surface area contributed by atoms with Crippen LogP contribution in [0.25, 0.3) is 0 Å². The summed E-state index contributed by atoms with van der Waals surface area (Å²) in [6, 6.07) is 0. The molecule has 1 aromatic rings. The fraction of sp³-hybridized carbons (Fsp3) is 0.636. The van der Waals surface area contributed by atoms with Crippen LogP contribution < -0.4 is 5.73 Å². The van der Waals surface area contributed by atoms with E-state index in [1.165, 1.54) is 6.26 Å². The topological polar surface area (TPSA) is 78.4 Å². The molecule has 0 spiro atoms. The van der Waals surface area contributed by atoms with E-state index in [2.05, 4.69) is 4.98 Å². The molecule has 1 atom stereocenters. The van der Waals surface area contributed by atoms with Crippen molar-refractivity contribution < 1.29 is 13.9 Å². The van der Waals surface area contributed by atoms with Gasteiger partial charge in [-0.2, -0.15) is 0 Å². The monoisotopic (exact) mass is 226 g/mol. The second-order valence-corrected chi connectivity index (χ2v) is 5.02. The van der Waals surface area contributed by atoms with Crippen LogP contribution in [0.15, 0.2) is 10.7 Å². The molecule has 0 unspecified atom stereocenters. The standard InChI is InChI=1S/C11H18N2O3/c1-7-6-15-9(13-7)8(16-10(12)14)5-11(2,3)4/h6,8H,5H2,1-4H3,(H2,12,14)/t8-/m1/s1. The van der Waals surface area contributed by atoms with Gasteiger partial charge in [0.05, 0.1) is 5.69 Å². The van der Waals surface area contributed by atoms with Crippen LogP contribution in [0, 0.1) is 12.3 Å². The van der Waals surface area contributed by atoms with Crippen LogP contribution in [-0.4, -0.2) is 11.1 Å². The lowest BCUT2D eigenvalue weighted by Gasteiger charge is -2.23. The normalized spacial score (nSPS) is 13.5. The Balaban J connectivity index is 2.83. The fourth-order valence-electron chi connectivity index (χ4n) is 1.40. The molecule has 0 radical (unpaired) electrons. The number of oxazole rings is 1. The Morgan fingerprint density at radius 3 is 2.62 bits per heavy atom. The maximum atomic E-state index is 10.8. The van der Waals surface area contributed by atoms with E-state index in [-0.39, 0.29) is 5.41 Å². The highest BCUT2D eigenvalue weighted by Gasteiger charge is 2.26. The summed E-state index contributed by atoms with van der Waals surface area (Å²) in [5.74, 6) is 0.395. The fourth-order valence-corrected chi connectivity index (χ4v) is 1.40. The predicted octanol–water partition coefficient (Wildman–Crippen LogP) is 2.56. The highest BCUT2D eigenvalue weighted by molar-refractivity contribution is 5.64. The largest absolute Gasteiger partial charge is 0.445 e. The number of carbonyl (C=O) groups is 1. The van der Waals surface area contributed by atoms with Gasteiger partial charge in [-0.25, -0.2) is 9.78 Å². The number of carbonyl (C=O) groups excluding carboxylic acids is 1. The van der Waals surface area contributed by atoms with Crippen molar-refractivity contribution in [3.8, 4) is 0 Å². The van der Waals surface area contributed by atoms with Gasteiger partial charge in [0.25, 0.3) is 0 Å². The van der Waals surface area contributed by atoms with Crippen LogP contribution in [0.2, 0.25) is 0 Å². The number of hydrogen-bond donors (Lipinski definition) is 1. The van der Waals surface area contributed by atoms with E-state index in [0.717, 1.165) is 5.69 Å². The highest BCUT2D eigenvalue weighted by atomic mass is 16.6. The molecule has 5 heteroatoms. The number of nitrogens with two attached hydrogens (primary N) is 1. The number of nitrogens with zero attached hydrogens (tertiary/aromatic N) is 1. The van der Waals surface area contributed by atoms with Crippen molar-refractivity contribution in [1.82, 2.24) is 4.98 Å². The first-order chi connectivity index (χ1) is 7.28. The average molecular weight is 226 g/mol. The molecule has 0 aliphatic rings. The summed E-state index contributed by atoms with van der Waals surface area (Å²) in [5, 5.41) is 0. The number of amides is 1. The molecule has 0 fully saturated rings. The summed E-state index contributed by atoms with van der Waals surface area (Å²) in [6.45, 7) is 7.94. The van der Waals surface area contributed by atoms with E-state index in [0.29, 0.717) is 12.3 Å². The quantitative estimate of drug-likeness (QED) is 0.859. The van der Waals surface area contributed by atoms with E-state index in [1.54, 1.807) is 0 Å². The zero-order valence-corrected chi connectivity index (χ0v) is 10.1. The summed E-state index contributed by atoms with van der Waals surface area (Å²) in [5.41, 5.74) is 5.77. The molecule has 1 heterocycles. The first-order valence-corrected chi connectivity index (χ1v) is 5.16. The molecule has 0 aromatic carbocycles. The van der Waals surface area contributed by atoms with E-state index in [1.807, 2.05) is 27.7 Å². The number of primary amides is 1. The SMILES string of the molecule is Cc1coc([C@@H](CC(C)(C)C)OC(N)=O)n1. The third kappa shape index (κ3) is 3.92. The maximum Gasteiger partial charge on any atom is 0.405 e. The summed E-state index contributed by atoms with van der Waals surface area (Å²) in [6.07, 6.45) is 0.793. The minimum Gasteiger partial charge on any atom is -0.445 e. The summed E-state index contributed by atoms with van der Waals surface area (Å²) in [7, 11) is 0. The molecule has 0 saturated heterocycles. The molecule has 1 aromatic heterocycles. The van der Waals surface area contributed by atoms with Crippen molar-refractivity contribution >= 4 is 6.09 Å². The van der Waals surface area contributed by atoms with Crippen molar-refractivity contribution in [1.29, 1.82) is 0 Å². The van der Waals surface area contributed by atoms with Crippen LogP contribution in [0.1, 0.15) is 44.9 Å². The molecule has 1 rings (SSSR count). The van der Waals surface area contributed by atoms with Gasteiger partial charge in [-0.1, -0.05) is 20.8 Å². The third-order valence-electron chi connectivity index (χ3n) is 1.97. The molecule has 0 aliphatic heterocycles. The molecular formula is C11H18N2O3. The Labute approximate surface area is 95.0 Å². The molecule has 16 heavy (non-hydrogen) atoms. The van der Waals surface area contributed by atoms with Gasteiger partial charge in [-0.15, -0.1) is 0 Å². The molecule has 0 bridgehead atoms. The zero-order valence-electron chi connectivity index (χ0n) is 10.1. The van der Waals surface area contributed by atoms with E-state index in [9.17, 15) is 4.79 Å². The number of aromatic nitrogens is 1. The van der Waals surface area contributed by atoms with Crippen LogP contribution in [-0.2, 0) is 4.74 Å². The second-order valence-electron chi connectivity index (χ2n) is 5.02. The Morgan fingerprint density at radius 2 is 2.25 bits per heavy atom. The van der Waals surface area contributed by atoms with Gasteiger partial charge in [0.2, 0.25) is 5.89 Å².